The Balaban J connectivity index is 2.01. The zero-order valence-electron chi connectivity index (χ0n) is 16.2. The van der Waals surface area contributed by atoms with E-state index < -0.39 is 0 Å². The molecule has 0 fully saturated rings. The number of fused-ring (bicyclic) bond motifs is 1. The van der Waals surface area contributed by atoms with Crippen LogP contribution in [-0.2, 0) is 11.8 Å². The van der Waals surface area contributed by atoms with Gasteiger partial charge in [-0.05, 0) is 53.6 Å². The standard InChI is InChI=1S/C23H29N3/c1-5-7-10-14-23(3,4)19-15-18(11-6-2)16-20(17-19)26-24-21-12-8-9-13-22(21)25-26/h6,8-9,12-13,15-17H,2,5,7,10-11,14H2,1,3-4H3. The largest absolute Gasteiger partial charge is 0.150 e. The second kappa shape index (κ2) is 7.86. The minimum atomic E-state index is 0.133. The molecule has 3 rings (SSSR count). The molecule has 0 aliphatic rings. The summed E-state index contributed by atoms with van der Waals surface area (Å²) in [6, 6.07) is 14.7. The lowest BCUT2D eigenvalue weighted by Gasteiger charge is -2.26. The van der Waals surface area contributed by atoms with Crippen LogP contribution in [0.3, 0.4) is 0 Å². The first kappa shape index (κ1) is 18.4. The molecular weight excluding hydrogens is 318 g/mol. The van der Waals surface area contributed by atoms with E-state index in [2.05, 4.69) is 55.7 Å². The molecule has 2 aromatic carbocycles. The van der Waals surface area contributed by atoms with E-state index in [1.165, 1.54) is 36.8 Å². The van der Waals surface area contributed by atoms with E-state index in [0.29, 0.717) is 0 Å². The molecule has 0 unspecified atom stereocenters. The van der Waals surface area contributed by atoms with Crippen molar-refractivity contribution in [3.8, 4) is 5.69 Å². The molecule has 3 nitrogen and oxygen atoms in total. The number of nitrogens with zero attached hydrogens (tertiary/aromatic N) is 3. The minimum absolute atomic E-state index is 0.133. The van der Waals surface area contributed by atoms with Crippen LogP contribution >= 0.6 is 0 Å². The summed E-state index contributed by atoms with van der Waals surface area (Å²) in [5.41, 5.74) is 5.62. The molecular formula is C23H29N3. The second-order valence-corrected chi connectivity index (χ2v) is 7.70. The molecule has 0 saturated heterocycles. The second-order valence-electron chi connectivity index (χ2n) is 7.70. The average molecular weight is 348 g/mol. The maximum Gasteiger partial charge on any atom is 0.113 e. The first-order chi connectivity index (χ1) is 12.5. The van der Waals surface area contributed by atoms with Crippen molar-refractivity contribution < 1.29 is 0 Å². The van der Waals surface area contributed by atoms with Crippen LogP contribution in [0.4, 0.5) is 0 Å². The zero-order chi connectivity index (χ0) is 18.6. The van der Waals surface area contributed by atoms with Crippen molar-refractivity contribution in [1.29, 1.82) is 0 Å². The number of allylic oxidation sites excluding steroid dienone is 1. The van der Waals surface area contributed by atoms with Gasteiger partial charge in [0.1, 0.15) is 11.0 Å². The van der Waals surface area contributed by atoms with Crippen LogP contribution in [-0.4, -0.2) is 15.0 Å². The number of hydrogen-bond acceptors (Lipinski definition) is 2. The Labute approximate surface area is 156 Å². The quantitative estimate of drug-likeness (QED) is 0.369. The third kappa shape index (κ3) is 4.04. The lowest BCUT2D eigenvalue weighted by molar-refractivity contribution is 0.449. The molecule has 1 aromatic heterocycles. The van der Waals surface area contributed by atoms with Crippen LogP contribution in [0.15, 0.2) is 55.1 Å². The van der Waals surface area contributed by atoms with Crippen molar-refractivity contribution in [3.63, 3.8) is 0 Å². The third-order valence-corrected chi connectivity index (χ3v) is 5.06. The smallest absolute Gasteiger partial charge is 0.113 e. The predicted octanol–water partition coefficient (Wildman–Crippen LogP) is 6.01. The summed E-state index contributed by atoms with van der Waals surface area (Å²) in [5.74, 6) is 0. The van der Waals surface area contributed by atoms with Crippen LogP contribution in [0, 0.1) is 0 Å². The van der Waals surface area contributed by atoms with Gasteiger partial charge in [-0.3, -0.25) is 0 Å². The Bertz CT molecular complexity index is 856. The molecule has 3 heteroatoms. The average Bonchev–Trinajstić information content (AvgIpc) is 3.06. The van der Waals surface area contributed by atoms with Gasteiger partial charge in [-0.1, -0.05) is 64.3 Å². The van der Waals surface area contributed by atoms with E-state index in [1.54, 1.807) is 4.80 Å². The molecule has 0 atom stereocenters. The predicted molar refractivity (Wildman–Crippen MR) is 110 cm³/mol. The van der Waals surface area contributed by atoms with E-state index in [1.807, 2.05) is 30.3 Å². The number of benzene rings is 2. The fourth-order valence-electron chi connectivity index (χ4n) is 3.40. The molecule has 3 aromatic rings. The lowest BCUT2D eigenvalue weighted by atomic mass is 9.79. The maximum absolute atomic E-state index is 4.66. The Morgan fingerprint density at radius 2 is 1.73 bits per heavy atom. The normalized spacial score (nSPS) is 11.8. The molecule has 0 saturated carbocycles. The summed E-state index contributed by atoms with van der Waals surface area (Å²) in [7, 11) is 0. The van der Waals surface area contributed by atoms with Crippen molar-refractivity contribution in [2.45, 2.75) is 58.3 Å². The number of rotatable bonds is 8. The molecule has 0 bridgehead atoms. The highest BCUT2D eigenvalue weighted by Crippen LogP contribution is 2.32. The van der Waals surface area contributed by atoms with Crippen LogP contribution in [0.5, 0.6) is 0 Å². The highest BCUT2D eigenvalue weighted by atomic mass is 15.5. The van der Waals surface area contributed by atoms with Crippen LogP contribution in [0.1, 0.15) is 57.6 Å². The first-order valence-corrected chi connectivity index (χ1v) is 9.61. The van der Waals surface area contributed by atoms with E-state index in [0.717, 1.165) is 23.1 Å². The van der Waals surface area contributed by atoms with Crippen LogP contribution < -0.4 is 0 Å². The Kier molecular flexibility index (Phi) is 5.55. The molecule has 0 aliphatic carbocycles. The fourth-order valence-corrected chi connectivity index (χ4v) is 3.40. The van der Waals surface area contributed by atoms with Gasteiger partial charge in [0, 0.05) is 0 Å². The number of unbranched alkanes of at least 4 members (excludes halogenated alkanes) is 2. The first-order valence-electron chi connectivity index (χ1n) is 9.61. The SMILES string of the molecule is C=CCc1cc(-n2nc3ccccc3n2)cc(C(C)(C)CCCCC)c1. The van der Waals surface area contributed by atoms with Crippen LogP contribution in [0.25, 0.3) is 16.7 Å². The molecule has 0 N–H and O–H groups in total. The van der Waals surface area contributed by atoms with Crippen molar-refractivity contribution in [2.75, 3.05) is 0 Å². The van der Waals surface area contributed by atoms with E-state index >= 15 is 0 Å². The summed E-state index contributed by atoms with van der Waals surface area (Å²) in [6.45, 7) is 10.8. The molecule has 26 heavy (non-hydrogen) atoms. The van der Waals surface area contributed by atoms with Crippen molar-refractivity contribution >= 4 is 11.0 Å². The Hall–Kier alpha value is -2.42. The number of aromatic nitrogens is 3. The molecule has 0 amide bonds. The van der Waals surface area contributed by atoms with E-state index in [9.17, 15) is 0 Å². The summed E-state index contributed by atoms with van der Waals surface area (Å²) in [5, 5.41) is 9.33. The molecule has 0 spiro atoms. The van der Waals surface area contributed by atoms with Gasteiger partial charge >= 0.3 is 0 Å². The van der Waals surface area contributed by atoms with Gasteiger partial charge in [-0.25, -0.2) is 0 Å². The van der Waals surface area contributed by atoms with Crippen LogP contribution in [0.2, 0.25) is 0 Å². The van der Waals surface area contributed by atoms with Crippen molar-refractivity contribution in [3.05, 3.63) is 66.2 Å². The minimum Gasteiger partial charge on any atom is -0.150 e. The fraction of sp³-hybridized carbons (Fsp3) is 0.391. The van der Waals surface area contributed by atoms with E-state index in [-0.39, 0.29) is 5.41 Å². The molecule has 136 valence electrons. The van der Waals surface area contributed by atoms with E-state index in [4.69, 9.17) is 0 Å². The van der Waals surface area contributed by atoms with Crippen molar-refractivity contribution in [1.82, 2.24) is 15.0 Å². The summed E-state index contributed by atoms with van der Waals surface area (Å²) in [4.78, 5) is 1.77. The Morgan fingerprint density at radius 3 is 2.35 bits per heavy atom. The van der Waals surface area contributed by atoms with Gasteiger partial charge in [0.25, 0.3) is 0 Å². The maximum atomic E-state index is 4.66. The summed E-state index contributed by atoms with van der Waals surface area (Å²) in [6.07, 6.45) is 7.80. The zero-order valence-corrected chi connectivity index (χ0v) is 16.2. The highest BCUT2D eigenvalue weighted by molar-refractivity contribution is 5.73. The topological polar surface area (TPSA) is 30.7 Å². The van der Waals surface area contributed by atoms with Gasteiger partial charge in [-0.15, -0.1) is 16.8 Å². The Morgan fingerprint density at radius 1 is 1.04 bits per heavy atom. The highest BCUT2D eigenvalue weighted by Gasteiger charge is 2.21. The van der Waals surface area contributed by atoms with Gasteiger partial charge in [0.05, 0.1) is 5.69 Å². The van der Waals surface area contributed by atoms with Gasteiger partial charge in [0.2, 0.25) is 0 Å². The molecule has 0 radical (unpaired) electrons. The van der Waals surface area contributed by atoms with Crippen molar-refractivity contribution in [2.24, 2.45) is 0 Å². The summed E-state index contributed by atoms with van der Waals surface area (Å²) >= 11 is 0. The molecule has 0 aliphatic heterocycles. The molecule has 1 heterocycles. The third-order valence-electron chi connectivity index (χ3n) is 5.06. The van der Waals surface area contributed by atoms with Gasteiger partial charge in [-0.2, -0.15) is 4.80 Å². The number of hydrogen-bond donors (Lipinski definition) is 0. The van der Waals surface area contributed by atoms with Gasteiger partial charge < -0.3 is 0 Å². The lowest BCUT2D eigenvalue weighted by Crippen LogP contribution is -2.18. The summed E-state index contributed by atoms with van der Waals surface area (Å²) < 4.78 is 0. The monoisotopic (exact) mass is 347 g/mol. The van der Waals surface area contributed by atoms with Gasteiger partial charge in [0.15, 0.2) is 0 Å².